The standard InChI is InChI=1S/C19H16BrN3O2/c1-14(23-10-9-21-13-23)17-7-2-3-8-18(17)25-12-19(24)22-16-6-4-5-15(20)11-16/h2-11,13H,1,12H2,(H,22,24). The third-order valence-electron chi connectivity index (χ3n) is 3.48. The average Bonchev–Trinajstić information content (AvgIpc) is 3.14. The van der Waals surface area contributed by atoms with Crippen molar-refractivity contribution in [3.05, 3.63) is 83.9 Å². The van der Waals surface area contributed by atoms with Gasteiger partial charge in [-0.25, -0.2) is 4.98 Å². The number of rotatable bonds is 6. The average molecular weight is 398 g/mol. The molecule has 126 valence electrons. The zero-order valence-corrected chi connectivity index (χ0v) is 14.9. The second-order valence-electron chi connectivity index (χ2n) is 5.26. The molecule has 1 N–H and O–H groups in total. The van der Waals surface area contributed by atoms with Crippen molar-refractivity contribution in [1.82, 2.24) is 9.55 Å². The molecule has 5 nitrogen and oxygen atoms in total. The lowest BCUT2D eigenvalue weighted by molar-refractivity contribution is -0.118. The molecule has 2 aromatic carbocycles. The number of anilines is 1. The molecule has 0 saturated heterocycles. The van der Waals surface area contributed by atoms with Crippen LogP contribution in [0.3, 0.4) is 0 Å². The molecule has 0 spiro atoms. The third-order valence-corrected chi connectivity index (χ3v) is 3.97. The van der Waals surface area contributed by atoms with Gasteiger partial charge in [0, 0.05) is 28.1 Å². The van der Waals surface area contributed by atoms with E-state index in [2.05, 4.69) is 32.8 Å². The number of carbonyl (C=O) groups excluding carboxylic acids is 1. The molecule has 3 rings (SSSR count). The summed E-state index contributed by atoms with van der Waals surface area (Å²) >= 11 is 3.37. The number of halogens is 1. The van der Waals surface area contributed by atoms with Gasteiger partial charge in [-0.2, -0.15) is 0 Å². The molecule has 1 amide bonds. The highest BCUT2D eigenvalue weighted by Gasteiger charge is 2.10. The highest BCUT2D eigenvalue weighted by Crippen LogP contribution is 2.26. The van der Waals surface area contributed by atoms with Gasteiger partial charge in [0.2, 0.25) is 0 Å². The van der Waals surface area contributed by atoms with Gasteiger partial charge in [0.15, 0.2) is 6.61 Å². The fourth-order valence-electron chi connectivity index (χ4n) is 2.30. The van der Waals surface area contributed by atoms with Crippen LogP contribution in [-0.2, 0) is 4.79 Å². The summed E-state index contributed by atoms with van der Waals surface area (Å²) in [4.78, 5) is 16.1. The molecule has 0 aliphatic heterocycles. The number of aromatic nitrogens is 2. The molecule has 0 unspecified atom stereocenters. The Kier molecular flexibility index (Phi) is 5.30. The van der Waals surface area contributed by atoms with Gasteiger partial charge in [0.05, 0.1) is 12.0 Å². The number of nitrogens with zero attached hydrogens (tertiary/aromatic N) is 2. The highest BCUT2D eigenvalue weighted by molar-refractivity contribution is 9.10. The van der Waals surface area contributed by atoms with Crippen LogP contribution in [0.15, 0.2) is 78.3 Å². The van der Waals surface area contributed by atoms with Gasteiger partial charge in [0.1, 0.15) is 5.75 Å². The van der Waals surface area contributed by atoms with E-state index in [1.807, 2.05) is 48.5 Å². The SMILES string of the molecule is C=C(c1ccccc1OCC(=O)Nc1cccc(Br)c1)n1ccnc1. The molecule has 25 heavy (non-hydrogen) atoms. The topological polar surface area (TPSA) is 56.1 Å². The molecule has 1 heterocycles. The first-order chi connectivity index (χ1) is 12.1. The van der Waals surface area contributed by atoms with E-state index in [9.17, 15) is 4.79 Å². The lowest BCUT2D eigenvalue weighted by atomic mass is 10.1. The molecular formula is C19H16BrN3O2. The van der Waals surface area contributed by atoms with Crippen molar-refractivity contribution in [1.29, 1.82) is 0 Å². The van der Waals surface area contributed by atoms with E-state index in [1.165, 1.54) is 0 Å². The minimum absolute atomic E-state index is 0.0965. The first kappa shape index (κ1) is 17.0. The van der Waals surface area contributed by atoms with Crippen molar-refractivity contribution in [2.24, 2.45) is 0 Å². The van der Waals surface area contributed by atoms with Crippen LogP contribution in [0.1, 0.15) is 5.56 Å². The van der Waals surface area contributed by atoms with E-state index >= 15 is 0 Å². The van der Waals surface area contributed by atoms with Crippen LogP contribution < -0.4 is 10.1 Å². The van der Waals surface area contributed by atoms with Crippen LogP contribution in [-0.4, -0.2) is 22.1 Å². The first-order valence-corrected chi connectivity index (χ1v) is 8.37. The van der Waals surface area contributed by atoms with Gasteiger partial charge in [-0.15, -0.1) is 0 Å². The Morgan fingerprint density at radius 1 is 1.24 bits per heavy atom. The lowest BCUT2D eigenvalue weighted by Crippen LogP contribution is -2.20. The largest absolute Gasteiger partial charge is 0.483 e. The minimum atomic E-state index is -0.235. The van der Waals surface area contributed by atoms with Crippen LogP contribution >= 0.6 is 15.9 Å². The number of amides is 1. The molecular weight excluding hydrogens is 382 g/mol. The van der Waals surface area contributed by atoms with Gasteiger partial charge in [0.25, 0.3) is 5.91 Å². The number of hydrogen-bond donors (Lipinski definition) is 1. The van der Waals surface area contributed by atoms with Gasteiger partial charge >= 0.3 is 0 Å². The summed E-state index contributed by atoms with van der Waals surface area (Å²) in [7, 11) is 0. The summed E-state index contributed by atoms with van der Waals surface area (Å²) in [6, 6.07) is 14.8. The summed E-state index contributed by atoms with van der Waals surface area (Å²) in [6.45, 7) is 3.97. The molecule has 3 aromatic rings. The maximum absolute atomic E-state index is 12.1. The van der Waals surface area contributed by atoms with E-state index < -0.39 is 0 Å². The Morgan fingerprint density at radius 3 is 2.84 bits per heavy atom. The Morgan fingerprint density at radius 2 is 2.08 bits per heavy atom. The van der Waals surface area contributed by atoms with Crippen LogP contribution in [0.2, 0.25) is 0 Å². The zero-order valence-electron chi connectivity index (χ0n) is 13.4. The Hall–Kier alpha value is -2.86. The molecule has 0 saturated carbocycles. The van der Waals surface area contributed by atoms with Gasteiger partial charge in [-0.3, -0.25) is 4.79 Å². The normalized spacial score (nSPS) is 10.3. The smallest absolute Gasteiger partial charge is 0.262 e. The van der Waals surface area contributed by atoms with E-state index in [4.69, 9.17) is 4.74 Å². The summed E-state index contributed by atoms with van der Waals surface area (Å²) in [6.07, 6.45) is 5.15. The number of hydrogen-bond acceptors (Lipinski definition) is 3. The van der Waals surface area contributed by atoms with Crippen molar-refractivity contribution in [2.75, 3.05) is 11.9 Å². The van der Waals surface area contributed by atoms with Crippen LogP contribution in [0.5, 0.6) is 5.75 Å². The van der Waals surface area contributed by atoms with E-state index in [-0.39, 0.29) is 12.5 Å². The number of para-hydroxylation sites is 1. The van der Waals surface area contributed by atoms with Crippen LogP contribution in [0.25, 0.3) is 5.70 Å². The van der Waals surface area contributed by atoms with Gasteiger partial charge in [-0.1, -0.05) is 40.7 Å². The number of nitrogens with one attached hydrogen (secondary N) is 1. The van der Waals surface area contributed by atoms with Crippen LogP contribution in [0.4, 0.5) is 5.69 Å². The Bertz CT molecular complexity index is 891. The molecule has 0 atom stereocenters. The fourth-order valence-corrected chi connectivity index (χ4v) is 2.69. The number of benzene rings is 2. The monoisotopic (exact) mass is 397 g/mol. The zero-order chi connectivity index (χ0) is 17.6. The van der Waals surface area contributed by atoms with Gasteiger partial charge in [-0.05, 0) is 30.3 Å². The van der Waals surface area contributed by atoms with E-state index in [1.54, 1.807) is 23.3 Å². The molecule has 0 aliphatic rings. The number of imidazole rings is 1. The fraction of sp³-hybridized carbons (Fsp3) is 0.0526. The lowest BCUT2D eigenvalue weighted by Gasteiger charge is -2.14. The Labute approximate surface area is 154 Å². The summed E-state index contributed by atoms with van der Waals surface area (Å²) < 4.78 is 8.39. The van der Waals surface area contributed by atoms with Crippen molar-refractivity contribution >= 4 is 33.2 Å². The second-order valence-corrected chi connectivity index (χ2v) is 6.18. The van der Waals surface area contributed by atoms with Crippen molar-refractivity contribution in [3.63, 3.8) is 0 Å². The summed E-state index contributed by atoms with van der Waals surface area (Å²) in [5.41, 5.74) is 2.23. The van der Waals surface area contributed by atoms with Crippen molar-refractivity contribution in [2.45, 2.75) is 0 Å². The molecule has 0 radical (unpaired) electrons. The second kappa shape index (κ2) is 7.81. The maximum atomic E-state index is 12.1. The van der Waals surface area contributed by atoms with Crippen LogP contribution in [0, 0.1) is 0 Å². The highest BCUT2D eigenvalue weighted by atomic mass is 79.9. The van der Waals surface area contributed by atoms with Crippen molar-refractivity contribution < 1.29 is 9.53 Å². The summed E-state index contributed by atoms with van der Waals surface area (Å²) in [5.74, 6) is 0.353. The van der Waals surface area contributed by atoms with E-state index in [0.717, 1.165) is 15.7 Å². The molecule has 6 heteroatoms. The predicted molar refractivity (Wildman–Crippen MR) is 101 cm³/mol. The molecule has 0 aliphatic carbocycles. The molecule has 0 fully saturated rings. The Balaban J connectivity index is 1.67. The predicted octanol–water partition coefficient (Wildman–Crippen LogP) is 4.18. The first-order valence-electron chi connectivity index (χ1n) is 7.58. The number of ether oxygens (including phenoxy) is 1. The third kappa shape index (κ3) is 4.36. The van der Waals surface area contributed by atoms with E-state index in [0.29, 0.717) is 11.4 Å². The quantitative estimate of drug-likeness (QED) is 0.678. The van der Waals surface area contributed by atoms with Gasteiger partial charge < -0.3 is 14.6 Å². The van der Waals surface area contributed by atoms with Crippen molar-refractivity contribution in [3.8, 4) is 5.75 Å². The molecule has 1 aromatic heterocycles. The maximum Gasteiger partial charge on any atom is 0.262 e. The number of carbonyl (C=O) groups is 1. The summed E-state index contributed by atoms with van der Waals surface area (Å²) in [5, 5.41) is 2.80. The molecule has 0 bridgehead atoms. The minimum Gasteiger partial charge on any atom is -0.483 e.